The molecule has 19 heavy (non-hydrogen) atoms. The van der Waals surface area contributed by atoms with Crippen LogP contribution in [-0.2, 0) is 23.2 Å². The van der Waals surface area contributed by atoms with Gasteiger partial charge in [-0.3, -0.25) is 5.10 Å². The molecule has 8 heteroatoms. The fourth-order valence-corrected chi connectivity index (χ4v) is 3.93. The van der Waals surface area contributed by atoms with E-state index in [1.165, 1.54) is 22.7 Å². The summed E-state index contributed by atoms with van der Waals surface area (Å²) in [6, 6.07) is 1.88. The second-order valence-electron chi connectivity index (χ2n) is 4.18. The van der Waals surface area contributed by atoms with Crippen LogP contribution in [0.3, 0.4) is 0 Å². The standard InChI is InChI=1S/C11H15N3O3S2/c1-8-11(10(6-15)13-12-8)19(16,17)14(2)5-9-3-4-18-7-9/h3-4,7,15H,5-6H2,1-2H3,(H,12,13). The van der Waals surface area contributed by atoms with Gasteiger partial charge in [-0.25, -0.2) is 8.42 Å². The first kappa shape index (κ1) is 14.2. The zero-order valence-electron chi connectivity index (χ0n) is 10.6. The van der Waals surface area contributed by atoms with Crippen LogP contribution < -0.4 is 0 Å². The highest BCUT2D eigenvalue weighted by molar-refractivity contribution is 7.89. The molecule has 0 aromatic carbocycles. The lowest BCUT2D eigenvalue weighted by atomic mass is 10.3. The molecule has 0 radical (unpaired) electrons. The summed E-state index contributed by atoms with van der Waals surface area (Å²) in [7, 11) is -2.15. The lowest BCUT2D eigenvalue weighted by Crippen LogP contribution is -2.27. The molecule has 0 spiro atoms. The maximum absolute atomic E-state index is 12.5. The molecule has 0 aliphatic carbocycles. The fourth-order valence-electron chi connectivity index (χ4n) is 1.80. The van der Waals surface area contributed by atoms with Gasteiger partial charge >= 0.3 is 0 Å². The summed E-state index contributed by atoms with van der Waals surface area (Å²) in [6.45, 7) is 1.50. The quantitative estimate of drug-likeness (QED) is 0.865. The van der Waals surface area contributed by atoms with Crippen molar-refractivity contribution in [3.63, 3.8) is 0 Å². The van der Waals surface area contributed by atoms with E-state index in [0.29, 0.717) is 12.2 Å². The highest BCUT2D eigenvalue weighted by Crippen LogP contribution is 2.23. The molecule has 0 saturated carbocycles. The molecule has 0 aliphatic rings. The van der Waals surface area contributed by atoms with Crippen molar-refractivity contribution >= 4 is 21.4 Å². The maximum atomic E-state index is 12.5. The Balaban J connectivity index is 2.33. The zero-order valence-corrected chi connectivity index (χ0v) is 12.3. The van der Waals surface area contributed by atoms with E-state index in [9.17, 15) is 8.42 Å². The summed E-state index contributed by atoms with van der Waals surface area (Å²) >= 11 is 1.52. The van der Waals surface area contributed by atoms with Crippen LogP contribution in [0.2, 0.25) is 0 Å². The van der Waals surface area contributed by atoms with Gasteiger partial charge < -0.3 is 5.11 Å². The first-order chi connectivity index (χ1) is 8.96. The van der Waals surface area contributed by atoms with Crippen LogP contribution in [-0.4, -0.2) is 35.1 Å². The molecular weight excluding hydrogens is 286 g/mol. The van der Waals surface area contributed by atoms with Gasteiger partial charge in [-0.1, -0.05) is 0 Å². The minimum absolute atomic E-state index is 0.0627. The first-order valence-electron chi connectivity index (χ1n) is 5.59. The number of aliphatic hydroxyl groups excluding tert-OH is 1. The molecule has 0 bridgehead atoms. The number of aliphatic hydroxyl groups is 1. The van der Waals surface area contributed by atoms with Crippen molar-refractivity contribution in [2.75, 3.05) is 7.05 Å². The first-order valence-corrected chi connectivity index (χ1v) is 7.97. The number of thiophene rings is 1. The second kappa shape index (κ2) is 5.41. The van der Waals surface area contributed by atoms with Crippen LogP contribution in [0.15, 0.2) is 21.7 Å². The van der Waals surface area contributed by atoms with Crippen LogP contribution in [0.4, 0.5) is 0 Å². The van der Waals surface area contributed by atoms with E-state index in [1.807, 2.05) is 16.8 Å². The van der Waals surface area contributed by atoms with Crippen LogP contribution in [0.1, 0.15) is 17.0 Å². The summed E-state index contributed by atoms with van der Waals surface area (Å²) in [6.07, 6.45) is 0. The number of rotatable bonds is 5. The summed E-state index contributed by atoms with van der Waals surface area (Å²) in [4.78, 5) is 0.0627. The average Bonchev–Trinajstić information content (AvgIpc) is 2.98. The van der Waals surface area contributed by atoms with E-state index in [-0.39, 0.29) is 10.6 Å². The van der Waals surface area contributed by atoms with E-state index >= 15 is 0 Å². The minimum atomic E-state index is -3.66. The number of hydrogen-bond acceptors (Lipinski definition) is 5. The zero-order chi connectivity index (χ0) is 14.0. The molecule has 2 rings (SSSR count). The van der Waals surface area contributed by atoms with Gasteiger partial charge in [0.2, 0.25) is 10.0 Å². The van der Waals surface area contributed by atoms with Gasteiger partial charge in [0.05, 0.1) is 12.3 Å². The molecule has 0 fully saturated rings. The Morgan fingerprint density at radius 1 is 1.53 bits per heavy atom. The van der Waals surface area contributed by atoms with Crippen molar-refractivity contribution in [2.24, 2.45) is 0 Å². The Kier molecular flexibility index (Phi) is 4.04. The summed E-state index contributed by atoms with van der Waals surface area (Å²) in [5, 5.41) is 19.4. The van der Waals surface area contributed by atoms with Gasteiger partial charge in [0.15, 0.2) is 0 Å². The number of nitrogens with zero attached hydrogens (tertiary/aromatic N) is 2. The van der Waals surface area contributed by atoms with Crippen LogP contribution in [0, 0.1) is 6.92 Å². The Labute approximate surface area is 115 Å². The third kappa shape index (κ3) is 2.71. The summed E-state index contributed by atoms with van der Waals surface area (Å²) in [5.41, 5.74) is 1.51. The fraction of sp³-hybridized carbons (Fsp3) is 0.364. The van der Waals surface area contributed by atoms with Crippen molar-refractivity contribution in [2.45, 2.75) is 25.0 Å². The average molecular weight is 301 g/mol. The van der Waals surface area contributed by atoms with E-state index in [2.05, 4.69) is 10.2 Å². The van der Waals surface area contributed by atoms with E-state index in [1.54, 1.807) is 6.92 Å². The minimum Gasteiger partial charge on any atom is -0.390 e. The molecule has 0 amide bonds. The van der Waals surface area contributed by atoms with E-state index < -0.39 is 16.6 Å². The molecule has 6 nitrogen and oxygen atoms in total. The van der Waals surface area contributed by atoms with Crippen molar-refractivity contribution in [3.8, 4) is 0 Å². The molecule has 2 heterocycles. The molecular formula is C11H15N3O3S2. The third-order valence-electron chi connectivity index (χ3n) is 2.76. The molecule has 2 aromatic heterocycles. The predicted octanol–water partition coefficient (Wildman–Crippen LogP) is 1.09. The van der Waals surface area contributed by atoms with Crippen molar-refractivity contribution < 1.29 is 13.5 Å². The van der Waals surface area contributed by atoms with E-state index in [0.717, 1.165) is 5.56 Å². The third-order valence-corrected chi connectivity index (χ3v) is 5.50. The number of aromatic nitrogens is 2. The van der Waals surface area contributed by atoms with Gasteiger partial charge in [0.25, 0.3) is 0 Å². The molecule has 104 valence electrons. The van der Waals surface area contributed by atoms with Crippen LogP contribution in [0.5, 0.6) is 0 Å². The normalized spacial score (nSPS) is 12.2. The lowest BCUT2D eigenvalue weighted by molar-refractivity contribution is 0.273. The predicted molar refractivity (Wildman–Crippen MR) is 72.2 cm³/mol. The topological polar surface area (TPSA) is 86.3 Å². The molecule has 0 saturated heterocycles. The van der Waals surface area contributed by atoms with Crippen molar-refractivity contribution in [1.29, 1.82) is 0 Å². The molecule has 2 aromatic rings. The van der Waals surface area contributed by atoms with Crippen LogP contribution >= 0.6 is 11.3 Å². The maximum Gasteiger partial charge on any atom is 0.246 e. The summed E-state index contributed by atoms with van der Waals surface area (Å²) in [5.74, 6) is 0. The number of aromatic amines is 1. The number of sulfonamides is 1. The van der Waals surface area contributed by atoms with Gasteiger partial charge in [0, 0.05) is 13.6 Å². The Morgan fingerprint density at radius 3 is 2.84 bits per heavy atom. The van der Waals surface area contributed by atoms with E-state index in [4.69, 9.17) is 5.11 Å². The van der Waals surface area contributed by atoms with Crippen molar-refractivity contribution in [1.82, 2.24) is 14.5 Å². The number of hydrogen-bond donors (Lipinski definition) is 2. The lowest BCUT2D eigenvalue weighted by Gasteiger charge is -2.16. The molecule has 0 aliphatic heterocycles. The summed E-state index contributed by atoms with van der Waals surface area (Å²) < 4.78 is 26.2. The number of nitrogens with one attached hydrogen (secondary N) is 1. The highest BCUT2D eigenvalue weighted by atomic mass is 32.2. The molecule has 0 unspecified atom stereocenters. The van der Waals surface area contributed by atoms with Gasteiger partial charge in [-0.15, -0.1) is 0 Å². The Hall–Kier alpha value is -1.22. The smallest absolute Gasteiger partial charge is 0.246 e. The number of H-pyrrole nitrogens is 1. The van der Waals surface area contributed by atoms with Crippen molar-refractivity contribution in [3.05, 3.63) is 33.8 Å². The largest absolute Gasteiger partial charge is 0.390 e. The Morgan fingerprint density at radius 2 is 2.26 bits per heavy atom. The number of aryl methyl sites for hydroxylation is 1. The highest BCUT2D eigenvalue weighted by Gasteiger charge is 2.28. The van der Waals surface area contributed by atoms with Crippen LogP contribution in [0.25, 0.3) is 0 Å². The van der Waals surface area contributed by atoms with Gasteiger partial charge in [-0.05, 0) is 29.3 Å². The van der Waals surface area contributed by atoms with Gasteiger partial charge in [-0.2, -0.15) is 20.7 Å². The second-order valence-corrected chi connectivity index (χ2v) is 6.94. The SMILES string of the molecule is Cc1[nH]nc(CO)c1S(=O)(=O)N(C)Cc1ccsc1. The molecule has 0 atom stereocenters. The Bertz CT molecular complexity index is 647. The van der Waals surface area contributed by atoms with Gasteiger partial charge in [0.1, 0.15) is 10.6 Å². The molecule has 2 N–H and O–H groups in total. The monoisotopic (exact) mass is 301 g/mol.